The van der Waals surface area contributed by atoms with Crippen LogP contribution in [0.25, 0.3) is 0 Å². The largest absolute Gasteiger partial charge is 0.384 e. The molecule has 5 N–H and O–H groups in total. The van der Waals surface area contributed by atoms with E-state index in [9.17, 15) is 8.42 Å². The molecule has 2 rings (SSSR count). The molecule has 0 aliphatic carbocycles. The molecule has 10 heteroatoms. The number of aromatic amines is 1. The van der Waals surface area contributed by atoms with E-state index in [2.05, 4.69) is 19.8 Å². The molecule has 0 fully saturated rings. The van der Waals surface area contributed by atoms with Crippen molar-refractivity contribution in [3.05, 3.63) is 24.3 Å². The number of hydrogen-bond donors (Lipinski definition) is 4. The molecule has 2 aromatic heterocycles. The van der Waals surface area contributed by atoms with E-state index in [1.807, 2.05) is 0 Å². The second-order valence-corrected chi connectivity index (χ2v) is 5.12. The Morgan fingerprint density at radius 2 is 2.28 bits per heavy atom. The molecule has 0 amide bonds. The summed E-state index contributed by atoms with van der Waals surface area (Å²) in [6.07, 6.45) is 3.74. The first kappa shape index (κ1) is 12.1. The number of nitrogens with two attached hydrogens (primary N) is 1. The molecule has 2 heterocycles. The van der Waals surface area contributed by atoms with Crippen LogP contribution in [0.1, 0.15) is 5.56 Å². The van der Waals surface area contributed by atoms with Crippen molar-refractivity contribution >= 4 is 21.7 Å². The van der Waals surface area contributed by atoms with Gasteiger partial charge >= 0.3 is 0 Å². The highest BCUT2D eigenvalue weighted by Gasteiger charge is 2.20. The number of rotatable bonds is 4. The number of aromatic nitrogens is 4. The molecule has 2 aromatic rings. The van der Waals surface area contributed by atoms with Gasteiger partial charge in [0.25, 0.3) is 10.0 Å². The van der Waals surface area contributed by atoms with Crippen molar-refractivity contribution in [2.45, 2.75) is 5.03 Å². The van der Waals surface area contributed by atoms with Crippen molar-refractivity contribution in [1.29, 1.82) is 5.41 Å². The molecule has 0 atom stereocenters. The number of H-pyrrole nitrogens is 1. The molecule has 0 aromatic carbocycles. The maximum atomic E-state index is 12.0. The monoisotopic (exact) mass is 269 g/mol. The van der Waals surface area contributed by atoms with E-state index in [1.54, 1.807) is 0 Å². The minimum absolute atomic E-state index is 0.0850. The van der Waals surface area contributed by atoms with Crippen molar-refractivity contribution in [3.63, 3.8) is 0 Å². The zero-order chi connectivity index (χ0) is 13.3. The molecule has 9 nitrogen and oxygen atoms in total. The highest BCUT2D eigenvalue weighted by molar-refractivity contribution is 7.92. The van der Waals surface area contributed by atoms with Crippen LogP contribution in [0.4, 0.5) is 5.82 Å². The number of anilines is 1. The third-order valence-electron chi connectivity index (χ3n) is 2.22. The molecule has 0 spiro atoms. The fraction of sp³-hybridized carbons (Fsp3) is 0.125. The Morgan fingerprint density at radius 3 is 2.83 bits per heavy atom. The first-order chi connectivity index (χ1) is 8.42. The SMILES string of the molecule is Cn1ncc(C(=N)N)c1NS(=O)(=O)c1cnc[nH]1. The number of hydrogen-bond acceptors (Lipinski definition) is 5. The zero-order valence-corrected chi connectivity index (χ0v) is 10.2. The summed E-state index contributed by atoms with van der Waals surface area (Å²) in [5, 5.41) is 11.1. The van der Waals surface area contributed by atoms with E-state index >= 15 is 0 Å². The van der Waals surface area contributed by atoms with Gasteiger partial charge in [-0.25, -0.2) is 4.98 Å². The Balaban J connectivity index is 2.41. The first-order valence-corrected chi connectivity index (χ1v) is 6.27. The number of amidine groups is 1. The second kappa shape index (κ2) is 4.14. The molecular formula is C8H11N7O2S. The number of nitrogens with one attached hydrogen (secondary N) is 3. The van der Waals surface area contributed by atoms with Crippen molar-refractivity contribution in [2.75, 3.05) is 4.72 Å². The molecule has 0 aliphatic heterocycles. The van der Waals surface area contributed by atoms with Crippen LogP contribution in [0.5, 0.6) is 0 Å². The van der Waals surface area contributed by atoms with E-state index in [-0.39, 0.29) is 22.2 Å². The van der Waals surface area contributed by atoms with Gasteiger partial charge in [0.15, 0.2) is 5.03 Å². The van der Waals surface area contributed by atoms with E-state index in [0.29, 0.717) is 0 Å². The van der Waals surface area contributed by atoms with Crippen LogP contribution in [-0.4, -0.2) is 34.0 Å². The number of nitrogens with zero attached hydrogens (tertiary/aromatic N) is 3. The van der Waals surface area contributed by atoms with Gasteiger partial charge in [0, 0.05) is 7.05 Å². The summed E-state index contributed by atoms with van der Waals surface area (Å²) < 4.78 is 27.5. The van der Waals surface area contributed by atoms with Gasteiger partial charge in [-0.15, -0.1) is 0 Å². The topological polar surface area (TPSA) is 143 Å². The molecule has 0 saturated heterocycles. The Kier molecular flexibility index (Phi) is 2.79. The minimum atomic E-state index is -3.80. The zero-order valence-electron chi connectivity index (χ0n) is 9.38. The molecule has 18 heavy (non-hydrogen) atoms. The summed E-state index contributed by atoms with van der Waals surface area (Å²) in [4.78, 5) is 6.12. The van der Waals surface area contributed by atoms with Gasteiger partial charge in [-0.05, 0) is 0 Å². The van der Waals surface area contributed by atoms with Crippen LogP contribution in [0, 0.1) is 5.41 Å². The van der Waals surface area contributed by atoms with Crippen LogP contribution in [0.2, 0.25) is 0 Å². The Labute approximate surface area is 103 Å². The first-order valence-electron chi connectivity index (χ1n) is 4.79. The van der Waals surface area contributed by atoms with Gasteiger partial charge in [-0.3, -0.25) is 14.8 Å². The average molecular weight is 269 g/mol. The molecule has 0 bridgehead atoms. The summed E-state index contributed by atoms with van der Waals surface area (Å²) in [5.41, 5.74) is 5.55. The molecule has 0 saturated carbocycles. The summed E-state index contributed by atoms with van der Waals surface area (Å²) in [6, 6.07) is 0. The molecule has 96 valence electrons. The molecule has 0 radical (unpaired) electrons. The fourth-order valence-corrected chi connectivity index (χ4v) is 2.34. The minimum Gasteiger partial charge on any atom is -0.384 e. The standard InChI is InChI=1S/C8H11N7O2S/c1-15-8(5(2-13-15)7(9)10)14-18(16,17)6-3-11-4-12-6/h2-4,14H,1H3,(H3,9,10)(H,11,12). The third kappa shape index (κ3) is 2.05. The van der Waals surface area contributed by atoms with E-state index in [4.69, 9.17) is 11.1 Å². The van der Waals surface area contributed by atoms with Gasteiger partial charge in [-0.2, -0.15) is 13.5 Å². The van der Waals surface area contributed by atoms with Crippen molar-refractivity contribution in [1.82, 2.24) is 19.7 Å². The van der Waals surface area contributed by atoms with Gasteiger partial charge in [-0.1, -0.05) is 0 Å². The van der Waals surface area contributed by atoms with Crippen molar-refractivity contribution in [3.8, 4) is 0 Å². The maximum absolute atomic E-state index is 12.0. The molecule has 0 aliphatic rings. The van der Waals surface area contributed by atoms with Crippen LogP contribution in [-0.2, 0) is 17.1 Å². The summed E-state index contributed by atoms with van der Waals surface area (Å²) in [7, 11) is -2.26. The van der Waals surface area contributed by atoms with Crippen LogP contribution >= 0.6 is 0 Å². The predicted octanol–water partition coefficient (Wildman–Crippen LogP) is -0.772. The van der Waals surface area contributed by atoms with Gasteiger partial charge in [0.05, 0.1) is 24.3 Å². The van der Waals surface area contributed by atoms with Crippen LogP contribution in [0.15, 0.2) is 23.7 Å². The molecular weight excluding hydrogens is 258 g/mol. The lowest BCUT2D eigenvalue weighted by Crippen LogP contribution is -2.19. The van der Waals surface area contributed by atoms with Crippen molar-refractivity contribution < 1.29 is 8.42 Å². The average Bonchev–Trinajstić information content (AvgIpc) is 2.89. The van der Waals surface area contributed by atoms with Gasteiger partial charge < -0.3 is 10.7 Å². The lowest BCUT2D eigenvalue weighted by Gasteiger charge is -2.08. The van der Waals surface area contributed by atoms with Crippen molar-refractivity contribution in [2.24, 2.45) is 12.8 Å². The molecule has 0 unspecified atom stereocenters. The Morgan fingerprint density at radius 1 is 1.56 bits per heavy atom. The van der Waals surface area contributed by atoms with Crippen LogP contribution in [0.3, 0.4) is 0 Å². The van der Waals surface area contributed by atoms with E-state index in [1.165, 1.54) is 30.5 Å². The Hall–Kier alpha value is -2.36. The third-order valence-corrected chi connectivity index (χ3v) is 3.49. The Bertz CT molecular complexity index is 670. The lowest BCUT2D eigenvalue weighted by molar-refractivity contribution is 0.597. The highest BCUT2D eigenvalue weighted by Crippen LogP contribution is 2.17. The van der Waals surface area contributed by atoms with Crippen LogP contribution < -0.4 is 10.5 Å². The van der Waals surface area contributed by atoms with E-state index < -0.39 is 10.0 Å². The number of sulfonamides is 1. The number of aryl methyl sites for hydroxylation is 1. The second-order valence-electron chi connectivity index (χ2n) is 3.47. The maximum Gasteiger partial charge on any atom is 0.280 e. The summed E-state index contributed by atoms with van der Waals surface area (Å²) in [5.74, 6) is -0.150. The number of imidazole rings is 1. The normalized spacial score (nSPS) is 11.4. The van der Waals surface area contributed by atoms with E-state index in [0.717, 1.165) is 0 Å². The number of nitrogen functional groups attached to an aromatic ring is 1. The van der Waals surface area contributed by atoms with Gasteiger partial charge in [0.2, 0.25) is 0 Å². The lowest BCUT2D eigenvalue weighted by atomic mass is 10.3. The summed E-state index contributed by atoms with van der Waals surface area (Å²) in [6.45, 7) is 0. The van der Waals surface area contributed by atoms with Gasteiger partial charge in [0.1, 0.15) is 11.7 Å². The quantitative estimate of drug-likeness (QED) is 0.425. The fourth-order valence-electron chi connectivity index (χ4n) is 1.33. The highest BCUT2D eigenvalue weighted by atomic mass is 32.2. The summed E-state index contributed by atoms with van der Waals surface area (Å²) >= 11 is 0. The smallest absolute Gasteiger partial charge is 0.280 e. The predicted molar refractivity (Wildman–Crippen MR) is 63.6 cm³/mol.